The lowest BCUT2D eigenvalue weighted by atomic mass is 10.1. The number of rotatable bonds is 6. The van der Waals surface area contributed by atoms with Gasteiger partial charge in [-0.3, -0.25) is 0 Å². The maximum absolute atomic E-state index is 13.4. The molecule has 0 aliphatic carbocycles. The molecule has 1 aromatic heterocycles. The maximum atomic E-state index is 13.4. The van der Waals surface area contributed by atoms with Crippen molar-refractivity contribution >= 4 is 45.1 Å². The number of pyridine rings is 1. The standard InChI is InChI=1S/C25H18F2N2O2S/c26-25(27)31-19-13-11-18(12-14-19)23(30)22(29-15-4-1-5-16-29)24(32)28-21-10-6-8-17-7-2-3-9-20(17)21/h1-16,25H,(H-,28,30,32). The van der Waals surface area contributed by atoms with E-state index in [0.29, 0.717) is 5.56 Å². The lowest BCUT2D eigenvalue weighted by Gasteiger charge is -2.18. The first kappa shape index (κ1) is 21.4. The van der Waals surface area contributed by atoms with E-state index in [1.54, 1.807) is 29.1 Å². The minimum Gasteiger partial charge on any atom is -0.867 e. The zero-order valence-electron chi connectivity index (χ0n) is 16.7. The van der Waals surface area contributed by atoms with Gasteiger partial charge in [0.15, 0.2) is 17.4 Å². The Hall–Kier alpha value is -3.84. The van der Waals surface area contributed by atoms with Crippen molar-refractivity contribution in [2.24, 2.45) is 0 Å². The van der Waals surface area contributed by atoms with E-state index in [0.717, 1.165) is 16.5 Å². The van der Waals surface area contributed by atoms with Crippen LogP contribution < -0.4 is 19.7 Å². The average Bonchev–Trinajstić information content (AvgIpc) is 2.80. The van der Waals surface area contributed by atoms with Gasteiger partial charge < -0.3 is 15.2 Å². The van der Waals surface area contributed by atoms with Gasteiger partial charge in [0.25, 0.3) is 0 Å². The fourth-order valence-corrected chi connectivity index (χ4v) is 3.63. The zero-order chi connectivity index (χ0) is 22.5. The number of fused-ring (bicyclic) bond motifs is 1. The lowest BCUT2D eigenvalue weighted by Crippen LogP contribution is -2.39. The Balaban J connectivity index is 1.74. The van der Waals surface area contributed by atoms with E-state index in [2.05, 4.69) is 10.1 Å². The molecule has 0 bridgehead atoms. The first-order chi connectivity index (χ1) is 15.5. The van der Waals surface area contributed by atoms with Crippen LogP contribution >= 0.6 is 12.2 Å². The monoisotopic (exact) mass is 448 g/mol. The van der Waals surface area contributed by atoms with Crippen LogP contribution in [0.25, 0.3) is 22.2 Å². The van der Waals surface area contributed by atoms with Gasteiger partial charge in [-0.1, -0.05) is 66.8 Å². The molecule has 160 valence electrons. The third-order valence-electron chi connectivity index (χ3n) is 4.78. The van der Waals surface area contributed by atoms with Crippen LogP contribution in [0.1, 0.15) is 5.56 Å². The molecule has 0 radical (unpaired) electrons. The second-order valence-electron chi connectivity index (χ2n) is 6.84. The van der Waals surface area contributed by atoms with E-state index in [9.17, 15) is 13.9 Å². The quantitative estimate of drug-likeness (QED) is 0.198. The Kier molecular flexibility index (Phi) is 6.37. The number of benzene rings is 3. The van der Waals surface area contributed by atoms with Crippen molar-refractivity contribution < 1.29 is 23.2 Å². The van der Waals surface area contributed by atoms with Crippen LogP contribution in [0.2, 0.25) is 0 Å². The van der Waals surface area contributed by atoms with Crippen LogP contribution in [0.15, 0.2) is 97.3 Å². The zero-order valence-corrected chi connectivity index (χ0v) is 17.6. The summed E-state index contributed by atoms with van der Waals surface area (Å²) >= 11 is 5.65. The lowest BCUT2D eigenvalue weighted by molar-refractivity contribution is -0.577. The predicted molar refractivity (Wildman–Crippen MR) is 123 cm³/mol. The minimum absolute atomic E-state index is 0.0260. The molecule has 3 aromatic carbocycles. The summed E-state index contributed by atoms with van der Waals surface area (Å²) in [4.78, 5) is 0.232. The van der Waals surface area contributed by atoms with Gasteiger partial charge in [-0.15, -0.1) is 0 Å². The molecule has 1 N–H and O–H groups in total. The number of hydrogen-bond acceptors (Lipinski definition) is 3. The number of halogens is 2. The fourth-order valence-electron chi connectivity index (χ4n) is 3.33. The number of alkyl halides is 2. The number of anilines is 1. The van der Waals surface area contributed by atoms with Gasteiger partial charge in [-0.05, 0) is 34.9 Å². The summed E-state index contributed by atoms with van der Waals surface area (Å²) in [7, 11) is 0. The Morgan fingerprint density at radius 2 is 1.56 bits per heavy atom. The Morgan fingerprint density at radius 3 is 2.28 bits per heavy atom. The molecular weight excluding hydrogens is 430 g/mol. The smallest absolute Gasteiger partial charge is 0.387 e. The summed E-state index contributed by atoms with van der Waals surface area (Å²) in [6.45, 7) is -2.93. The molecule has 0 saturated heterocycles. The Bertz CT molecular complexity index is 1270. The van der Waals surface area contributed by atoms with E-state index in [4.69, 9.17) is 12.2 Å². The molecule has 0 fully saturated rings. The summed E-state index contributed by atoms with van der Waals surface area (Å²) in [6, 6.07) is 24.6. The number of aromatic nitrogens is 1. The molecule has 4 nitrogen and oxygen atoms in total. The molecule has 0 saturated carbocycles. The van der Waals surface area contributed by atoms with Crippen LogP contribution in [0.3, 0.4) is 0 Å². The molecule has 32 heavy (non-hydrogen) atoms. The van der Waals surface area contributed by atoms with Gasteiger partial charge >= 0.3 is 6.61 Å². The number of nitrogens with one attached hydrogen (secondary N) is 1. The van der Waals surface area contributed by atoms with Crippen molar-refractivity contribution in [3.63, 3.8) is 0 Å². The van der Waals surface area contributed by atoms with Crippen molar-refractivity contribution in [2.45, 2.75) is 6.61 Å². The van der Waals surface area contributed by atoms with Crippen molar-refractivity contribution in [2.75, 3.05) is 5.32 Å². The second kappa shape index (κ2) is 9.53. The summed E-state index contributed by atoms with van der Waals surface area (Å²) < 4.78 is 30.9. The normalized spacial score (nSPS) is 11.8. The number of ether oxygens (including phenoxy) is 1. The molecule has 0 spiro atoms. The van der Waals surface area contributed by atoms with E-state index in [-0.39, 0.29) is 22.2 Å². The first-order valence-corrected chi connectivity index (χ1v) is 10.2. The van der Waals surface area contributed by atoms with Gasteiger partial charge in [-0.2, -0.15) is 13.3 Å². The van der Waals surface area contributed by atoms with Crippen molar-refractivity contribution in [1.29, 1.82) is 0 Å². The first-order valence-electron chi connectivity index (χ1n) is 9.75. The third kappa shape index (κ3) is 4.73. The molecule has 0 amide bonds. The highest BCUT2D eigenvalue weighted by Gasteiger charge is 2.19. The number of nitrogens with zero attached hydrogens (tertiary/aromatic N) is 1. The molecular formula is C25H18F2N2O2S. The van der Waals surface area contributed by atoms with Gasteiger partial charge in [0.1, 0.15) is 5.75 Å². The van der Waals surface area contributed by atoms with E-state index < -0.39 is 6.61 Å². The average molecular weight is 448 g/mol. The Morgan fingerprint density at radius 1 is 0.875 bits per heavy atom. The van der Waals surface area contributed by atoms with Crippen LogP contribution in [0, 0.1) is 0 Å². The highest BCUT2D eigenvalue weighted by molar-refractivity contribution is 7.81. The highest BCUT2D eigenvalue weighted by atomic mass is 32.1. The van der Waals surface area contributed by atoms with Gasteiger partial charge in [0.05, 0.1) is 0 Å². The van der Waals surface area contributed by atoms with Crippen molar-refractivity contribution in [1.82, 2.24) is 0 Å². The van der Waals surface area contributed by atoms with Gasteiger partial charge in [-0.25, -0.2) is 0 Å². The summed E-state index contributed by atoms with van der Waals surface area (Å²) in [5, 5.41) is 18.6. The van der Waals surface area contributed by atoms with Crippen LogP contribution in [0.4, 0.5) is 14.5 Å². The van der Waals surface area contributed by atoms with E-state index in [1.165, 1.54) is 24.3 Å². The fraction of sp³-hybridized carbons (Fsp3) is 0.0400. The number of hydrogen-bond donors (Lipinski definition) is 1. The molecule has 0 atom stereocenters. The molecule has 0 aliphatic rings. The maximum Gasteiger partial charge on any atom is 0.387 e. The molecule has 4 rings (SSSR count). The second-order valence-corrected chi connectivity index (χ2v) is 7.25. The SMILES string of the molecule is [O-]C(=C(C(=S)Nc1cccc2ccccc12)[n+]1ccccc1)c1ccc(OC(F)F)cc1. The third-order valence-corrected chi connectivity index (χ3v) is 5.08. The van der Waals surface area contributed by atoms with Crippen LogP contribution in [-0.2, 0) is 0 Å². The summed E-state index contributed by atoms with van der Waals surface area (Å²) in [5.74, 6) is -0.385. The molecule has 7 heteroatoms. The van der Waals surface area contributed by atoms with E-state index >= 15 is 0 Å². The van der Waals surface area contributed by atoms with E-state index in [1.807, 2.05) is 48.5 Å². The van der Waals surface area contributed by atoms with Crippen LogP contribution in [0.5, 0.6) is 5.75 Å². The number of thiocarbonyl (C=S) groups is 1. The predicted octanol–water partition coefficient (Wildman–Crippen LogP) is 4.85. The van der Waals surface area contributed by atoms with Crippen molar-refractivity contribution in [3.05, 3.63) is 103 Å². The Labute approximate surface area is 189 Å². The molecule has 1 heterocycles. The molecule has 0 aliphatic heterocycles. The van der Waals surface area contributed by atoms with Gasteiger partial charge in [0, 0.05) is 23.2 Å². The summed E-state index contributed by atoms with van der Waals surface area (Å²) in [5.41, 5.74) is 1.30. The highest BCUT2D eigenvalue weighted by Crippen LogP contribution is 2.25. The molecule has 0 unspecified atom stereocenters. The topological polar surface area (TPSA) is 48.2 Å². The molecule has 4 aromatic rings. The van der Waals surface area contributed by atoms with Crippen LogP contribution in [-0.4, -0.2) is 11.6 Å². The largest absolute Gasteiger partial charge is 0.867 e. The minimum atomic E-state index is -2.93. The van der Waals surface area contributed by atoms with Crippen molar-refractivity contribution in [3.8, 4) is 5.75 Å². The summed E-state index contributed by atoms with van der Waals surface area (Å²) in [6.07, 6.45) is 3.44. The van der Waals surface area contributed by atoms with Gasteiger partial charge in [0.2, 0.25) is 5.70 Å².